The fourth-order valence-electron chi connectivity index (χ4n) is 2.41. The number of thiazole rings is 1. The third-order valence-electron chi connectivity index (χ3n) is 3.32. The van der Waals surface area contributed by atoms with Crippen LogP contribution in [0.4, 0.5) is 4.39 Å². The first-order valence-electron chi connectivity index (χ1n) is 7.04. The van der Waals surface area contributed by atoms with Crippen LogP contribution in [0.1, 0.15) is 18.4 Å². The zero-order valence-corrected chi connectivity index (χ0v) is 12.7. The number of benzene rings is 1. The van der Waals surface area contributed by atoms with Gasteiger partial charge in [0, 0.05) is 18.3 Å². The summed E-state index contributed by atoms with van der Waals surface area (Å²) in [5, 5.41) is 2.96. The third-order valence-corrected chi connectivity index (χ3v) is 4.22. The van der Waals surface area contributed by atoms with E-state index in [9.17, 15) is 4.39 Å². The van der Waals surface area contributed by atoms with Crippen LogP contribution >= 0.6 is 11.3 Å². The molecule has 21 heavy (non-hydrogen) atoms. The third kappa shape index (κ3) is 2.56. The number of hydrogen-bond donors (Lipinski definition) is 1. The van der Waals surface area contributed by atoms with Gasteiger partial charge in [0.05, 0.1) is 10.5 Å². The first-order valence-corrected chi connectivity index (χ1v) is 7.92. The number of rotatable bonds is 5. The Hall–Kier alpha value is -1.79. The summed E-state index contributed by atoms with van der Waals surface area (Å²) in [5.41, 5.74) is 7.59. The topological polar surface area (TPSA) is 56.7 Å². The van der Waals surface area contributed by atoms with E-state index in [1.54, 1.807) is 17.4 Å². The molecule has 3 aromatic rings. The van der Waals surface area contributed by atoms with Gasteiger partial charge < -0.3 is 10.3 Å². The molecule has 0 amide bonds. The second kappa shape index (κ2) is 5.91. The van der Waals surface area contributed by atoms with Gasteiger partial charge in [0.2, 0.25) is 0 Å². The van der Waals surface area contributed by atoms with Crippen LogP contribution in [0.15, 0.2) is 23.6 Å². The Morgan fingerprint density at radius 2 is 2.19 bits per heavy atom. The van der Waals surface area contributed by atoms with Crippen LogP contribution in [0.25, 0.3) is 22.6 Å². The van der Waals surface area contributed by atoms with Crippen molar-refractivity contribution in [2.75, 3.05) is 6.54 Å². The summed E-state index contributed by atoms with van der Waals surface area (Å²) in [6.45, 7) is 3.46. The fourth-order valence-corrected chi connectivity index (χ4v) is 3.20. The number of aromatic nitrogens is 3. The molecular formula is C15H17FN4S. The predicted octanol–water partition coefficient (Wildman–Crippen LogP) is 3.21. The van der Waals surface area contributed by atoms with E-state index in [0.29, 0.717) is 12.1 Å². The van der Waals surface area contributed by atoms with Crippen LogP contribution in [0.3, 0.4) is 0 Å². The molecular weight excluding hydrogens is 287 g/mol. The maximum absolute atomic E-state index is 14.0. The van der Waals surface area contributed by atoms with Crippen molar-refractivity contribution in [3.63, 3.8) is 0 Å². The molecule has 0 bridgehead atoms. The smallest absolute Gasteiger partial charge is 0.160 e. The lowest BCUT2D eigenvalue weighted by Crippen LogP contribution is -2.03. The van der Waals surface area contributed by atoms with E-state index >= 15 is 0 Å². The van der Waals surface area contributed by atoms with Gasteiger partial charge in [-0.15, -0.1) is 11.3 Å². The van der Waals surface area contributed by atoms with E-state index in [4.69, 9.17) is 5.73 Å². The Morgan fingerprint density at radius 3 is 2.95 bits per heavy atom. The van der Waals surface area contributed by atoms with Crippen molar-refractivity contribution in [2.24, 2.45) is 5.73 Å². The molecule has 0 radical (unpaired) electrons. The van der Waals surface area contributed by atoms with Crippen molar-refractivity contribution < 1.29 is 4.39 Å². The minimum atomic E-state index is -0.291. The Kier molecular flexibility index (Phi) is 3.98. The largest absolute Gasteiger partial charge is 0.330 e. The highest BCUT2D eigenvalue weighted by atomic mass is 32.1. The Labute approximate surface area is 126 Å². The summed E-state index contributed by atoms with van der Waals surface area (Å²) in [6, 6.07) is 5.06. The van der Waals surface area contributed by atoms with Gasteiger partial charge in [0.25, 0.3) is 0 Å². The molecule has 0 spiro atoms. The molecule has 6 heteroatoms. The molecule has 2 aromatic heterocycles. The maximum Gasteiger partial charge on any atom is 0.160 e. The van der Waals surface area contributed by atoms with Crippen molar-refractivity contribution in [1.29, 1.82) is 0 Å². The van der Waals surface area contributed by atoms with Crippen LogP contribution < -0.4 is 5.73 Å². The molecule has 0 aliphatic heterocycles. The minimum absolute atomic E-state index is 0.291. The average molecular weight is 304 g/mol. The summed E-state index contributed by atoms with van der Waals surface area (Å²) in [7, 11) is 0. The average Bonchev–Trinajstić information content (AvgIpc) is 3.06. The highest BCUT2D eigenvalue weighted by molar-refractivity contribution is 7.09. The fraction of sp³-hybridized carbons (Fsp3) is 0.333. The van der Waals surface area contributed by atoms with E-state index in [0.717, 1.165) is 41.4 Å². The van der Waals surface area contributed by atoms with Crippen LogP contribution in [0.2, 0.25) is 0 Å². The second-order valence-electron chi connectivity index (χ2n) is 4.86. The number of hydrogen-bond acceptors (Lipinski definition) is 4. The lowest BCUT2D eigenvalue weighted by atomic mass is 10.3. The standard InChI is InChI=1S/C15H17FN4S/c1-2-8-20-12-5-3-4-10(16)14(12)19-15(20)11-9-21-13(18-11)6-7-17/h3-5,9H,2,6-8,17H2,1H3. The first kappa shape index (κ1) is 14.2. The van der Waals surface area contributed by atoms with E-state index in [-0.39, 0.29) is 5.82 Å². The van der Waals surface area contributed by atoms with Crippen molar-refractivity contribution in [3.8, 4) is 11.5 Å². The van der Waals surface area contributed by atoms with E-state index < -0.39 is 0 Å². The molecule has 0 aliphatic carbocycles. The molecule has 0 saturated heterocycles. The molecule has 1 aromatic carbocycles. The van der Waals surface area contributed by atoms with Crippen LogP contribution in [-0.4, -0.2) is 21.1 Å². The molecule has 3 rings (SSSR count). The van der Waals surface area contributed by atoms with Gasteiger partial charge in [0.15, 0.2) is 11.6 Å². The van der Waals surface area contributed by atoms with E-state index in [1.807, 2.05) is 16.0 Å². The number of halogens is 1. The maximum atomic E-state index is 14.0. The molecule has 0 atom stereocenters. The quantitative estimate of drug-likeness (QED) is 0.787. The SMILES string of the molecule is CCCn1c(-c2csc(CCN)n2)nc2c(F)cccc21. The molecule has 110 valence electrons. The molecule has 0 fully saturated rings. The van der Waals surface area contributed by atoms with Crippen molar-refractivity contribution in [1.82, 2.24) is 14.5 Å². The lowest BCUT2D eigenvalue weighted by Gasteiger charge is -2.05. The van der Waals surface area contributed by atoms with E-state index in [1.165, 1.54) is 6.07 Å². The highest BCUT2D eigenvalue weighted by Gasteiger charge is 2.16. The number of nitrogens with zero attached hydrogens (tertiary/aromatic N) is 3. The molecule has 0 aliphatic rings. The Bertz CT molecular complexity index is 762. The molecule has 2 N–H and O–H groups in total. The summed E-state index contributed by atoms with van der Waals surface area (Å²) in [4.78, 5) is 9.05. The Balaban J connectivity index is 2.15. The zero-order chi connectivity index (χ0) is 14.8. The lowest BCUT2D eigenvalue weighted by molar-refractivity contribution is 0.637. The minimum Gasteiger partial charge on any atom is -0.330 e. The first-order chi connectivity index (χ1) is 10.2. The van der Waals surface area contributed by atoms with Gasteiger partial charge >= 0.3 is 0 Å². The number of imidazole rings is 1. The molecule has 2 heterocycles. The van der Waals surface area contributed by atoms with Crippen LogP contribution in [0.5, 0.6) is 0 Å². The number of para-hydroxylation sites is 1. The molecule has 0 saturated carbocycles. The van der Waals surface area contributed by atoms with Gasteiger partial charge in [-0.3, -0.25) is 0 Å². The van der Waals surface area contributed by atoms with Gasteiger partial charge in [0.1, 0.15) is 11.2 Å². The van der Waals surface area contributed by atoms with Gasteiger partial charge in [-0.2, -0.15) is 0 Å². The zero-order valence-electron chi connectivity index (χ0n) is 11.8. The number of nitrogens with two attached hydrogens (primary N) is 1. The number of fused-ring (bicyclic) bond motifs is 1. The van der Waals surface area contributed by atoms with Gasteiger partial charge in [-0.1, -0.05) is 13.0 Å². The van der Waals surface area contributed by atoms with Gasteiger partial charge in [-0.25, -0.2) is 14.4 Å². The summed E-state index contributed by atoms with van der Waals surface area (Å²) in [5.74, 6) is 0.442. The Morgan fingerprint density at radius 1 is 1.33 bits per heavy atom. The normalized spacial score (nSPS) is 11.4. The predicted molar refractivity (Wildman–Crippen MR) is 83.8 cm³/mol. The summed E-state index contributed by atoms with van der Waals surface area (Å²) < 4.78 is 16.0. The van der Waals surface area contributed by atoms with Crippen molar-refractivity contribution >= 4 is 22.4 Å². The summed E-state index contributed by atoms with van der Waals surface area (Å²) >= 11 is 1.57. The van der Waals surface area contributed by atoms with E-state index in [2.05, 4.69) is 16.9 Å². The van der Waals surface area contributed by atoms with Crippen molar-refractivity contribution in [3.05, 3.63) is 34.4 Å². The highest BCUT2D eigenvalue weighted by Crippen LogP contribution is 2.27. The van der Waals surface area contributed by atoms with Crippen LogP contribution in [-0.2, 0) is 13.0 Å². The van der Waals surface area contributed by atoms with Gasteiger partial charge in [-0.05, 0) is 25.1 Å². The number of aryl methyl sites for hydroxylation is 1. The monoisotopic (exact) mass is 304 g/mol. The summed E-state index contributed by atoms with van der Waals surface area (Å²) in [6.07, 6.45) is 1.71. The second-order valence-corrected chi connectivity index (χ2v) is 5.80. The van der Waals surface area contributed by atoms with Crippen molar-refractivity contribution in [2.45, 2.75) is 26.3 Å². The molecule has 0 unspecified atom stereocenters. The molecule has 4 nitrogen and oxygen atoms in total. The van der Waals surface area contributed by atoms with Crippen LogP contribution in [0, 0.1) is 5.82 Å².